The minimum atomic E-state index is 0.463. The van der Waals surface area contributed by atoms with Crippen molar-refractivity contribution in [2.75, 3.05) is 52.4 Å². The Balaban J connectivity index is 1.88. The van der Waals surface area contributed by atoms with Crippen LogP contribution in [0.5, 0.6) is 0 Å². The van der Waals surface area contributed by atoms with Crippen molar-refractivity contribution in [1.29, 1.82) is 0 Å². The van der Waals surface area contributed by atoms with Crippen LogP contribution in [0, 0.1) is 0 Å². The van der Waals surface area contributed by atoms with Gasteiger partial charge in [-0.25, -0.2) is 0 Å². The van der Waals surface area contributed by atoms with Crippen LogP contribution >= 0.6 is 0 Å². The number of nitrogens with one attached hydrogen (secondary N) is 2. The fourth-order valence-corrected chi connectivity index (χ4v) is 2.32. The second kappa shape index (κ2) is 10.7. The van der Waals surface area contributed by atoms with Gasteiger partial charge in [0.25, 0.3) is 0 Å². The Hall–Kier alpha value is -0.160. The maximum Gasteiger partial charge on any atom is 0.0594 e. The van der Waals surface area contributed by atoms with Gasteiger partial charge in [-0.05, 0) is 12.8 Å². The van der Waals surface area contributed by atoms with E-state index in [9.17, 15) is 0 Å². The van der Waals surface area contributed by atoms with Gasteiger partial charge in [0.1, 0.15) is 0 Å². The van der Waals surface area contributed by atoms with Crippen molar-refractivity contribution in [2.24, 2.45) is 0 Å². The van der Waals surface area contributed by atoms with Crippen LogP contribution in [0.2, 0.25) is 0 Å². The average Bonchev–Trinajstić information content (AvgIpc) is 2.42. The van der Waals surface area contributed by atoms with Crippen molar-refractivity contribution in [3.05, 3.63) is 0 Å². The molecule has 0 bridgehead atoms. The third-order valence-corrected chi connectivity index (χ3v) is 3.51. The van der Waals surface area contributed by atoms with Crippen LogP contribution < -0.4 is 10.6 Å². The zero-order valence-electron chi connectivity index (χ0n) is 12.2. The molecule has 1 aliphatic heterocycles. The summed E-state index contributed by atoms with van der Waals surface area (Å²) in [4.78, 5) is 2.51. The molecule has 0 radical (unpaired) electrons. The lowest BCUT2D eigenvalue weighted by Gasteiger charge is -2.27. The van der Waals surface area contributed by atoms with E-state index in [1.54, 1.807) is 0 Å². The predicted molar refractivity (Wildman–Crippen MR) is 77.1 cm³/mol. The zero-order chi connectivity index (χ0) is 13.1. The summed E-state index contributed by atoms with van der Waals surface area (Å²) in [7, 11) is 0. The smallest absolute Gasteiger partial charge is 0.0594 e. The van der Waals surface area contributed by atoms with E-state index in [4.69, 9.17) is 4.74 Å². The summed E-state index contributed by atoms with van der Waals surface area (Å²) in [6.45, 7) is 13.1. The lowest BCUT2D eigenvalue weighted by atomic mass is 10.2. The molecule has 18 heavy (non-hydrogen) atoms. The number of rotatable bonds is 10. The molecule has 1 heterocycles. The van der Waals surface area contributed by atoms with E-state index >= 15 is 0 Å². The van der Waals surface area contributed by atoms with E-state index in [0.29, 0.717) is 6.10 Å². The number of hydrogen-bond donors (Lipinski definition) is 2. The first kappa shape index (κ1) is 15.9. The van der Waals surface area contributed by atoms with E-state index in [2.05, 4.69) is 29.4 Å². The molecule has 1 aliphatic rings. The van der Waals surface area contributed by atoms with Crippen LogP contribution in [0.1, 0.15) is 33.1 Å². The molecule has 0 amide bonds. The zero-order valence-corrected chi connectivity index (χ0v) is 12.2. The molecule has 1 atom stereocenters. The first-order valence-corrected chi connectivity index (χ1v) is 7.62. The minimum absolute atomic E-state index is 0.463. The van der Waals surface area contributed by atoms with Crippen molar-refractivity contribution in [2.45, 2.75) is 39.2 Å². The first-order chi connectivity index (χ1) is 8.86. The van der Waals surface area contributed by atoms with Crippen LogP contribution in [0.4, 0.5) is 0 Å². The molecule has 4 nitrogen and oxygen atoms in total. The van der Waals surface area contributed by atoms with Gasteiger partial charge in [0.2, 0.25) is 0 Å². The topological polar surface area (TPSA) is 36.5 Å². The number of nitrogens with zero attached hydrogens (tertiary/aromatic N) is 1. The highest BCUT2D eigenvalue weighted by molar-refractivity contribution is 4.68. The summed E-state index contributed by atoms with van der Waals surface area (Å²) >= 11 is 0. The number of piperazine rings is 1. The van der Waals surface area contributed by atoms with Crippen LogP contribution in [0.25, 0.3) is 0 Å². The highest BCUT2D eigenvalue weighted by atomic mass is 16.5. The molecule has 0 aromatic heterocycles. The van der Waals surface area contributed by atoms with Gasteiger partial charge < -0.3 is 15.4 Å². The molecule has 0 aliphatic carbocycles. The fraction of sp³-hybridized carbons (Fsp3) is 1.00. The quantitative estimate of drug-likeness (QED) is 0.574. The Bertz CT molecular complexity index is 175. The molecule has 0 spiro atoms. The van der Waals surface area contributed by atoms with Gasteiger partial charge >= 0.3 is 0 Å². The Morgan fingerprint density at radius 1 is 1.22 bits per heavy atom. The van der Waals surface area contributed by atoms with Gasteiger partial charge in [0.05, 0.1) is 12.7 Å². The normalized spacial score (nSPS) is 19.0. The third kappa shape index (κ3) is 7.31. The van der Waals surface area contributed by atoms with Gasteiger partial charge in [0, 0.05) is 45.8 Å². The van der Waals surface area contributed by atoms with Gasteiger partial charge in [-0.2, -0.15) is 0 Å². The van der Waals surface area contributed by atoms with Crippen molar-refractivity contribution < 1.29 is 4.74 Å². The van der Waals surface area contributed by atoms with Crippen LogP contribution in [-0.2, 0) is 4.74 Å². The molecule has 0 aromatic rings. The lowest BCUT2D eigenvalue weighted by molar-refractivity contribution is 0.0462. The van der Waals surface area contributed by atoms with E-state index in [-0.39, 0.29) is 0 Å². The Labute approximate surface area is 112 Å². The molecule has 1 fully saturated rings. The molecule has 2 N–H and O–H groups in total. The molecular formula is C14H31N3O. The highest BCUT2D eigenvalue weighted by Gasteiger charge is 2.08. The maximum absolute atomic E-state index is 5.84. The predicted octanol–water partition coefficient (Wildman–Crippen LogP) is 1.08. The summed E-state index contributed by atoms with van der Waals surface area (Å²) in [5.41, 5.74) is 0. The summed E-state index contributed by atoms with van der Waals surface area (Å²) in [5, 5.41) is 6.84. The fourth-order valence-electron chi connectivity index (χ4n) is 2.32. The molecule has 108 valence electrons. The van der Waals surface area contributed by atoms with Gasteiger partial charge in [0.15, 0.2) is 0 Å². The van der Waals surface area contributed by atoms with Gasteiger partial charge in [-0.1, -0.05) is 20.3 Å². The Morgan fingerprint density at radius 2 is 2.00 bits per heavy atom. The van der Waals surface area contributed by atoms with E-state index in [1.807, 2.05) is 0 Å². The second-order valence-corrected chi connectivity index (χ2v) is 5.03. The van der Waals surface area contributed by atoms with Crippen molar-refractivity contribution in [1.82, 2.24) is 15.5 Å². The van der Waals surface area contributed by atoms with Crippen molar-refractivity contribution >= 4 is 0 Å². The monoisotopic (exact) mass is 257 g/mol. The van der Waals surface area contributed by atoms with E-state index < -0.39 is 0 Å². The molecule has 1 saturated heterocycles. The summed E-state index contributed by atoms with van der Waals surface area (Å²) in [5.74, 6) is 0. The van der Waals surface area contributed by atoms with Gasteiger partial charge in [-0.15, -0.1) is 0 Å². The SMILES string of the molecule is CCCC(CC)OCCNCCN1CCNCC1. The number of hydrogen-bond acceptors (Lipinski definition) is 4. The largest absolute Gasteiger partial charge is 0.377 e. The van der Waals surface area contributed by atoms with Crippen molar-refractivity contribution in [3.63, 3.8) is 0 Å². The van der Waals surface area contributed by atoms with Crippen molar-refractivity contribution in [3.8, 4) is 0 Å². The van der Waals surface area contributed by atoms with Gasteiger partial charge in [-0.3, -0.25) is 4.90 Å². The van der Waals surface area contributed by atoms with Crippen LogP contribution in [0.15, 0.2) is 0 Å². The van der Waals surface area contributed by atoms with E-state index in [0.717, 1.165) is 45.8 Å². The standard InChI is InChI=1S/C14H31N3O/c1-3-5-14(4-2)18-13-9-16-8-12-17-10-6-15-7-11-17/h14-16H,3-13H2,1-2H3. The summed E-state index contributed by atoms with van der Waals surface area (Å²) < 4.78 is 5.84. The molecule has 0 saturated carbocycles. The molecule has 1 rings (SSSR count). The maximum atomic E-state index is 5.84. The second-order valence-electron chi connectivity index (χ2n) is 5.03. The minimum Gasteiger partial charge on any atom is -0.377 e. The van der Waals surface area contributed by atoms with Crippen LogP contribution in [-0.4, -0.2) is 63.4 Å². The van der Waals surface area contributed by atoms with E-state index in [1.165, 1.54) is 25.9 Å². The molecule has 0 aromatic carbocycles. The lowest BCUT2D eigenvalue weighted by Crippen LogP contribution is -2.46. The summed E-state index contributed by atoms with van der Waals surface area (Å²) in [6, 6.07) is 0. The Morgan fingerprint density at radius 3 is 2.67 bits per heavy atom. The highest BCUT2D eigenvalue weighted by Crippen LogP contribution is 2.05. The molecular weight excluding hydrogens is 226 g/mol. The Kier molecular flexibility index (Phi) is 9.48. The first-order valence-electron chi connectivity index (χ1n) is 7.62. The summed E-state index contributed by atoms with van der Waals surface area (Å²) in [6.07, 6.45) is 4.01. The molecule has 1 unspecified atom stereocenters. The van der Waals surface area contributed by atoms with Crippen LogP contribution in [0.3, 0.4) is 0 Å². The molecule has 4 heteroatoms. The number of ether oxygens (including phenoxy) is 1. The third-order valence-electron chi connectivity index (χ3n) is 3.51. The average molecular weight is 257 g/mol.